The van der Waals surface area contributed by atoms with Crippen molar-refractivity contribution in [3.8, 4) is 0 Å². The molecule has 0 radical (unpaired) electrons. The molecule has 0 aromatic heterocycles. The molecule has 26 heavy (non-hydrogen) atoms. The molecular weight excluding hydrogens is 344 g/mol. The Morgan fingerprint density at radius 3 is 1.88 bits per heavy atom. The molecule has 0 saturated carbocycles. The first-order valence-electron chi connectivity index (χ1n) is 8.49. The third-order valence-corrected chi connectivity index (χ3v) is 6.99. The highest BCUT2D eigenvalue weighted by Crippen LogP contribution is 2.42. The topological polar surface area (TPSA) is 29.1 Å². The minimum Gasteiger partial charge on any atom is -0.297 e. The second-order valence-corrected chi connectivity index (χ2v) is 8.52. The van der Waals surface area contributed by atoms with E-state index in [0.717, 1.165) is 0 Å². The van der Waals surface area contributed by atoms with Crippen LogP contribution in [0.4, 0.5) is 4.39 Å². The number of rotatable bonds is 7. The maximum Gasteiger partial charge on any atom is 0.205 e. The van der Waals surface area contributed by atoms with E-state index in [1.165, 1.54) is 6.07 Å². The Hall–Kier alpha value is -2.48. The molecule has 0 bridgehead atoms. The van der Waals surface area contributed by atoms with Crippen LogP contribution in [0.25, 0.3) is 0 Å². The summed E-state index contributed by atoms with van der Waals surface area (Å²) in [7, 11) is -3.16. The van der Waals surface area contributed by atoms with Crippen molar-refractivity contribution >= 4 is 17.9 Å². The second kappa shape index (κ2) is 8.27. The molecule has 0 aliphatic rings. The van der Waals surface area contributed by atoms with E-state index in [0.29, 0.717) is 22.6 Å². The van der Waals surface area contributed by atoms with Gasteiger partial charge in [-0.25, -0.2) is 4.39 Å². The lowest BCUT2D eigenvalue weighted by molar-refractivity contribution is 0.542. The standard InChI is InChI=1S/C22H21FNOP/c1-2-11-22(20-16-9-10-17-21(20)23)24-26(25,18-12-5-3-6-13-18)19-14-7-4-8-15-19/h2-10,12-17,22H,1,11H2,(H,24,25). The van der Waals surface area contributed by atoms with Crippen LogP contribution in [0.3, 0.4) is 0 Å². The van der Waals surface area contributed by atoms with Gasteiger partial charge in [-0.05, 0) is 36.8 Å². The summed E-state index contributed by atoms with van der Waals surface area (Å²) in [6.07, 6.45) is 2.18. The molecule has 0 aliphatic carbocycles. The molecule has 0 fully saturated rings. The molecule has 3 rings (SSSR count). The third kappa shape index (κ3) is 3.85. The quantitative estimate of drug-likeness (QED) is 0.474. The summed E-state index contributed by atoms with van der Waals surface area (Å²) in [6.45, 7) is 3.78. The minimum absolute atomic E-state index is 0.320. The zero-order chi connectivity index (χ0) is 18.4. The lowest BCUT2D eigenvalue weighted by Gasteiger charge is -2.27. The number of halogens is 1. The SMILES string of the molecule is C=CCC(NP(=O)(c1ccccc1)c1ccccc1)c1ccccc1F. The van der Waals surface area contributed by atoms with Gasteiger partial charge in [0.05, 0.1) is 0 Å². The third-order valence-electron chi connectivity index (χ3n) is 4.26. The molecule has 1 unspecified atom stereocenters. The summed E-state index contributed by atoms with van der Waals surface area (Å²) < 4.78 is 28.5. The van der Waals surface area contributed by atoms with Gasteiger partial charge < -0.3 is 0 Å². The van der Waals surface area contributed by atoms with Crippen molar-refractivity contribution in [2.75, 3.05) is 0 Å². The van der Waals surface area contributed by atoms with E-state index in [2.05, 4.69) is 11.7 Å². The average Bonchev–Trinajstić information content (AvgIpc) is 2.69. The zero-order valence-corrected chi connectivity index (χ0v) is 15.3. The first-order chi connectivity index (χ1) is 12.6. The van der Waals surface area contributed by atoms with Gasteiger partial charge in [0.15, 0.2) is 0 Å². The molecule has 4 heteroatoms. The van der Waals surface area contributed by atoms with Crippen molar-refractivity contribution < 1.29 is 8.96 Å². The van der Waals surface area contributed by atoms with E-state index >= 15 is 0 Å². The summed E-state index contributed by atoms with van der Waals surface area (Å²) in [5, 5.41) is 4.65. The van der Waals surface area contributed by atoms with E-state index in [1.807, 2.05) is 60.7 Å². The Morgan fingerprint density at radius 1 is 0.885 bits per heavy atom. The van der Waals surface area contributed by atoms with Gasteiger partial charge in [-0.3, -0.25) is 9.65 Å². The van der Waals surface area contributed by atoms with Crippen molar-refractivity contribution in [3.63, 3.8) is 0 Å². The monoisotopic (exact) mass is 365 g/mol. The summed E-state index contributed by atoms with van der Waals surface area (Å²) in [5.41, 5.74) is 0.486. The first kappa shape index (κ1) is 18.3. The van der Waals surface area contributed by atoms with Crippen LogP contribution in [-0.2, 0) is 4.57 Å². The van der Waals surface area contributed by atoms with Gasteiger partial charge >= 0.3 is 0 Å². The highest BCUT2D eigenvalue weighted by Gasteiger charge is 2.31. The largest absolute Gasteiger partial charge is 0.297 e. The fourth-order valence-corrected chi connectivity index (χ4v) is 5.43. The van der Waals surface area contributed by atoms with Crippen LogP contribution in [0.2, 0.25) is 0 Å². The molecule has 0 aliphatic heterocycles. The molecule has 0 spiro atoms. The Bertz CT molecular complexity index is 868. The Kier molecular flexibility index (Phi) is 5.82. The van der Waals surface area contributed by atoms with Gasteiger partial charge in [-0.15, -0.1) is 6.58 Å². The van der Waals surface area contributed by atoms with Crippen LogP contribution < -0.4 is 15.7 Å². The normalized spacial score (nSPS) is 12.5. The summed E-state index contributed by atoms with van der Waals surface area (Å²) in [6, 6.07) is 24.7. The first-order valence-corrected chi connectivity index (χ1v) is 10.2. The Balaban J connectivity index is 2.09. The van der Waals surface area contributed by atoms with Gasteiger partial charge in [0.1, 0.15) is 5.82 Å². The lowest BCUT2D eigenvalue weighted by Crippen LogP contribution is -2.30. The molecule has 1 atom stereocenters. The van der Waals surface area contributed by atoms with Crippen LogP contribution >= 0.6 is 7.29 Å². The average molecular weight is 365 g/mol. The Labute approximate surface area is 153 Å². The van der Waals surface area contributed by atoms with Crippen molar-refractivity contribution in [1.82, 2.24) is 5.09 Å². The van der Waals surface area contributed by atoms with Crippen LogP contribution in [0.5, 0.6) is 0 Å². The van der Waals surface area contributed by atoms with Gasteiger partial charge in [-0.2, -0.15) is 0 Å². The van der Waals surface area contributed by atoms with Crippen molar-refractivity contribution in [2.24, 2.45) is 0 Å². The highest BCUT2D eigenvalue weighted by atomic mass is 31.2. The lowest BCUT2D eigenvalue weighted by atomic mass is 10.0. The molecule has 0 amide bonds. The number of hydrogen-bond acceptors (Lipinski definition) is 1. The van der Waals surface area contributed by atoms with E-state index in [9.17, 15) is 8.96 Å². The van der Waals surface area contributed by atoms with Crippen LogP contribution in [0.1, 0.15) is 18.0 Å². The fraction of sp³-hybridized carbons (Fsp3) is 0.0909. The van der Waals surface area contributed by atoms with Crippen molar-refractivity contribution in [1.29, 1.82) is 0 Å². The fourth-order valence-electron chi connectivity index (χ4n) is 2.97. The predicted molar refractivity (Wildman–Crippen MR) is 107 cm³/mol. The predicted octanol–water partition coefficient (Wildman–Crippen LogP) is 4.96. The molecule has 132 valence electrons. The van der Waals surface area contributed by atoms with Crippen molar-refractivity contribution in [3.05, 3.63) is 109 Å². The number of nitrogens with one attached hydrogen (secondary N) is 1. The van der Waals surface area contributed by atoms with Crippen molar-refractivity contribution in [2.45, 2.75) is 12.5 Å². The van der Waals surface area contributed by atoms with Crippen LogP contribution in [-0.4, -0.2) is 0 Å². The van der Waals surface area contributed by atoms with Gasteiger partial charge in [0.25, 0.3) is 0 Å². The molecule has 0 heterocycles. The van der Waals surface area contributed by atoms with E-state index in [4.69, 9.17) is 0 Å². The molecule has 0 saturated heterocycles. The van der Waals surface area contributed by atoms with Crippen LogP contribution in [0.15, 0.2) is 97.6 Å². The van der Waals surface area contributed by atoms with E-state index < -0.39 is 13.3 Å². The molecular formula is C22H21FNOP. The van der Waals surface area contributed by atoms with Gasteiger partial charge in [-0.1, -0.05) is 60.7 Å². The molecule has 3 aromatic carbocycles. The maximum atomic E-state index is 14.4. The zero-order valence-electron chi connectivity index (χ0n) is 14.4. The molecule has 1 N–H and O–H groups in total. The summed E-state index contributed by atoms with van der Waals surface area (Å²) >= 11 is 0. The molecule has 2 nitrogen and oxygen atoms in total. The number of benzene rings is 3. The van der Waals surface area contributed by atoms with E-state index in [-0.39, 0.29) is 5.82 Å². The summed E-state index contributed by atoms with van der Waals surface area (Å²) in [5.74, 6) is -0.320. The number of hydrogen-bond donors (Lipinski definition) is 1. The highest BCUT2D eigenvalue weighted by molar-refractivity contribution is 7.76. The summed E-state index contributed by atoms with van der Waals surface area (Å²) in [4.78, 5) is 0. The maximum absolute atomic E-state index is 14.4. The minimum atomic E-state index is -3.16. The van der Waals surface area contributed by atoms with Gasteiger partial charge in [0.2, 0.25) is 7.29 Å². The second-order valence-electron chi connectivity index (χ2n) is 6.01. The van der Waals surface area contributed by atoms with Gasteiger partial charge in [0, 0.05) is 22.2 Å². The van der Waals surface area contributed by atoms with Crippen LogP contribution in [0, 0.1) is 5.82 Å². The molecule has 3 aromatic rings. The van der Waals surface area contributed by atoms with E-state index in [1.54, 1.807) is 24.3 Å². The smallest absolute Gasteiger partial charge is 0.205 e. The Morgan fingerprint density at radius 2 is 1.38 bits per heavy atom.